The highest BCUT2D eigenvalue weighted by Crippen LogP contribution is 2.31. The number of halogens is 3. The van der Waals surface area contributed by atoms with Gasteiger partial charge in [0.1, 0.15) is 0 Å². The van der Waals surface area contributed by atoms with Crippen molar-refractivity contribution in [1.82, 2.24) is 5.06 Å². The molecule has 0 unspecified atom stereocenters. The Morgan fingerprint density at radius 2 is 1.93 bits per heavy atom. The molecule has 0 aliphatic heterocycles. The second-order valence-corrected chi connectivity index (χ2v) is 2.50. The van der Waals surface area contributed by atoms with E-state index >= 15 is 0 Å². The van der Waals surface area contributed by atoms with E-state index in [-0.39, 0.29) is 5.06 Å². The van der Waals surface area contributed by atoms with Crippen molar-refractivity contribution in [2.75, 3.05) is 20.8 Å². The molecule has 2 N–H and O–H groups in total. The molecule has 0 rings (SSSR count). The zero-order valence-electron chi connectivity index (χ0n) is 7.50. The fourth-order valence-corrected chi connectivity index (χ4v) is 0.622. The number of hydrogen-bond acceptors (Lipinski definition) is 4. The van der Waals surface area contributed by atoms with Crippen LogP contribution in [0.5, 0.6) is 0 Å². The van der Waals surface area contributed by atoms with Gasteiger partial charge in [-0.25, -0.2) is 5.06 Å². The lowest BCUT2D eigenvalue weighted by molar-refractivity contribution is -0.276. The van der Waals surface area contributed by atoms with E-state index in [0.29, 0.717) is 0 Å². The highest BCUT2D eigenvalue weighted by Gasteiger charge is 2.60. The molecule has 0 saturated carbocycles. The Morgan fingerprint density at radius 1 is 1.50 bits per heavy atom. The van der Waals surface area contributed by atoms with E-state index in [2.05, 4.69) is 4.84 Å². The number of carbonyl (C=O) groups excluding carboxylic acids is 1. The van der Waals surface area contributed by atoms with E-state index in [1.54, 1.807) is 0 Å². The number of nitrogens with zero attached hydrogens (tertiary/aromatic N) is 1. The van der Waals surface area contributed by atoms with Crippen molar-refractivity contribution in [2.24, 2.45) is 0 Å². The fraction of sp³-hybridized carbons (Fsp3) is 0.833. The number of carbonyl (C=O) groups is 1. The van der Waals surface area contributed by atoms with Gasteiger partial charge in [0.2, 0.25) is 0 Å². The predicted octanol–water partition coefficient (Wildman–Crippen LogP) is -0.708. The highest BCUT2D eigenvalue weighted by atomic mass is 19.4. The van der Waals surface area contributed by atoms with Crippen molar-refractivity contribution in [3.8, 4) is 0 Å². The maximum Gasteiger partial charge on any atom is 0.428 e. The third-order valence-corrected chi connectivity index (χ3v) is 1.61. The van der Waals surface area contributed by atoms with Crippen LogP contribution in [0, 0.1) is 0 Å². The molecular formula is C6H10F3NO4. The number of hydrogen-bond donors (Lipinski definition) is 2. The molecule has 0 aliphatic carbocycles. The van der Waals surface area contributed by atoms with Crippen LogP contribution in [-0.2, 0) is 9.63 Å². The zero-order chi connectivity index (χ0) is 11.6. The predicted molar refractivity (Wildman–Crippen MR) is 37.9 cm³/mol. The molecule has 0 fully saturated rings. The largest absolute Gasteiger partial charge is 0.428 e. The third kappa shape index (κ3) is 2.14. The molecule has 1 amide bonds. The van der Waals surface area contributed by atoms with Crippen molar-refractivity contribution >= 4 is 5.91 Å². The number of aliphatic hydroxyl groups excluding tert-OH is 1. The summed E-state index contributed by atoms with van der Waals surface area (Å²) in [6.07, 6.45) is -5.26. The molecule has 0 saturated heterocycles. The fourth-order valence-electron chi connectivity index (χ4n) is 0.622. The molecular weight excluding hydrogens is 207 g/mol. The van der Waals surface area contributed by atoms with E-state index in [1.807, 2.05) is 0 Å². The molecule has 1 atom stereocenters. The first-order valence-corrected chi connectivity index (χ1v) is 3.43. The Morgan fingerprint density at radius 3 is 2.14 bits per heavy atom. The topological polar surface area (TPSA) is 70.0 Å². The summed E-state index contributed by atoms with van der Waals surface area (Å²) in [5.41, 5.74) is -3.82. The van der Waals surface area contributed by atoms with E-state index in [9.17, 15) is 18.0 Å². The summed E-state index contributed by atoms with van der Waals surface area (Å²) in [5.74, 6) is -1.78. The molecule has 0 bridgehead atoms. The Balaban J connectivity index is 4.97. The van der Waals surface area contributed by atoms with Crippen LogP contribution in [-0.4, -0.2) is 53.7 Å². The van der Waals surface area contributed by atoms with Gasteiger partial charge < -0.3 is 10.2 Å². The number of likely N-dealkylation sites (N-methyl/N-ethyl adjacent to an activating group) is 1. The van der Waals surface area contributed by atoms with Gasteiger partial charge in [0, 0.05) is 7.05 Å². The summed E-state index contributed by atoms with van der Waals surface area (Å²) in [6.45, 7) is -1.76. The highest BCUT2D eigenvalue weighted by molar-refractivity contribution is 5.85. The van der Waals surface area contributed by atoms with Gasteiger partial charge in [-0.3, -0.25) is 9.63 Å². The monoisotopic (exact) mass is 217 g/mol. The molecule has 0 aromatic carbocycles. The van der Waals surface area contributed by atoms with Gasteiger partial charge in [-0.1, -0.05) is 0 Å². The summed E-state index contributed by atoms with van der Waals surface area (Å²) in [5, 5.41) is 17.4. The van der Waals surface area contributed by atoms with Gasteiger partial charge in [0.25, 0.3) is 11.5 Å². The van der Waals surface area contributed by atoms with Gasteiger partial charge in [-0.2, -0.15) is 13.2 Å². The summed E-state index contributed by atoms with van der Waals surface area (Å²) >= 11 is 0. The van der Waals surface area contributed by atoms with Crippen LogP contribution >= 0.6 is 0 Å². The molecule has 0 aliphatic rings. The molecule has 5 nitrogen and oxygen atoms in total. The number of alkyl halides is 3. The average molecular weight is 217 g/mol. The van der Waals surface area contributed by atoms with Gasteiger partial charge >= 0.3 is 6.18 Å². The molecule has 8 heteroatoms. The number of hydroxylamine groups is 2. The Hall–Kier alpha value is -0.860. The standard InChI is InChI=1S/C6H10F3NO4/c1-10(14-2)4(12)5(13,3-11)6(7,8)9/h11,13H,3H2,1-2H3/t5-/m1/s1. The third-order valence-electron chi connectivity index (χ3n) is 1.61. The van der Waals surface area contributed by atoms with Crippen LogP contribution in [0.15, 0.2) is 0 Å². The molecule has 84 valence electrons. The minimum absolute atomic E-state index is 0.184. The van der Waals surface area contributed by atoms with Gasteiger partial charge in [0.15, 0.2) is 0 Å². The van der Waals surface area contributed by atoms with Crippen LogP contribution in [0.4, 0.5) is 13.2 Å². The molecule has 0 heterocycles. The van der Waals surface area contributed by atoms with Crippen LogP contribution in [0.2, 0.25) is 0 Å². The van der Waals surface area contributed by atoms with Crippen molar-refractivity contribution in [3.63, 3.8) is 0 Å². The SMILES string of the molecule is CON(C)C(=O)[C@](O)(CO)C(F)(F)F. The maximum absolute atomic E-state index is 12.1. The number of aliphatic hydroxyl groups is 2. The normalized spacial score (nSPS) is 16.2. The summed E-state index contributed by atoms with van der Waals surface area (Å²) in [4.78, 5) is 15.1. The number of rotatable bonds is 3. The van der Waals surface area contributed by atoms with Crippen LogP contribution in [0.25, 0.3) is 0 Å². The van der Waals surface area contributed by atoms with E-state index < -0.39 is 24.3 Å². The quantitative estimate of drug-likeness (QED) is 0.613. The first-order valence-electron chi connectivity index (χ1n) is 3.43. The summed E-state index contributed by atoms with van der Waals surface area (Å²) in [7, 11) is 1.83. The smallest absolute Gasteiger partial charge is 0.392 e. The molecule has 0 radical (unpaired) electrons. The second kappa shape index (κ2) is 4.11. The van der Waals surface area contributed by atoms with Crippen molar-refractivity contribution in [1.29, 1.82) is 0 Å². The van der Waals surface area contributed by atoms with Crippen molar-refractivity contribution in [2.45, 2.75) is 11.8 Å². The van der Waals surface area contributed by atoms with Gasteiger partial charge in [-0.05, 0) is 0 Å². The molecule has 0 aromatic rings. The maximum atomic E-state index is 12.1. The van der Waals surface area contributed by atoms with E-state index in [1.165, 1.54) is 0 Å². The van der Waals surface area contributed by atoms with Crippen molar-refractivity contribution < 1.29 is 33.0 Å². The lowest BCUT2D eigenvalue weighted by Crippen LogP contribution is -2.59. The van der Waals surface area contributed by atoms with Crippen molar-refractivity contribution in [3.05, 3.63) is 0 Å². The minimum atomic E-state index is -5.26. The van der Waals surface area contributed by atoms with E-state index in [0.717, 1.165) is 14.2 Å². The lowest BCUT2D eigenvalue weighted by atomic mass is 10.0. The Labute approximate surface area is 77.6 Å². The first kappa shape index (κ1) is 13.1. The number of amides is 1. The van der Waals surface area contributed by atoms with Crippen LogP contribution in [0.3, 0.4) is 0 Å². The Bertz CT molecular complexity index is 220. The molecule has 14 heavy (non-hydrogen) atoms. The average Bonchev–Trinajstić information content (AvgIpc) is 2.12. The molecule has 0 spiro atoms. The summed E-state index contributed by atoms with van der Waals surface area (Å²) in [6, 6.07) is 0. The second-order valence-electron chi connectivity index (χ2n) is 2.50. The van der Waals surface area contributed by atoms with Gasteiger partial charge in [0.05, 0.1) is 13.7 Å². The Kier molecular flexibility index (Phi) is 3.86. The molecule has 0 aromatic heterocycles. The van der Waals surface area contributed by atoms with Crippen LogP contribution in [0.1, 0.15) is 0 Å². The van der Waals surface area contributed by atoms with E-state index in [4.69, 9.17) is 10.2 Å². The van der Waals surface area contributed by atoms with Gasteiger partial charge in [-0.15, -0.1) is 0 Å². The minimum Gasteiger partial charge on any atom is -0.392 e. The summed E-state index contributed by atoms with van der Waals surface area (Å²) < 4.78 is 36.4. The first-order chi connectivity index (χ1) is 6.20. The lowest BCUT2D eigenvalue weighted by Gasteiger charge is -2.29. The van der Waals surface area contributed by atoms with Crippen LogP contribution < -0.4 is 0 Å². The zero-order valence-corrected chi connectivity index (χ0v) is 7.50.